The van der Waals surface area contributed by atoms with Crippen molar-refractivity contribution in [3.05, 3.63) is 0 Å². The first-order valence-electron chi connectivity index (χ1n) is 5.52. The van der Waals surface area contributed by atoms with Gasteiger partial charge in [-0.3, -0.25) is 19.8 Å². The summed E-state index contributed by atoms with van der Waals surface area (Å²) in [6, 6.07) is 0.191. The fourth-order valence-electron chi connectivity index (χ4n) is 2.17. The molecule has 2 heterocycles. The van der Waals surface area contributed by atoms with Crippen molar-refractivity contribution in [2.75, 3.05) is 19.6 Å². The summed E-state index contributed by atoms with van der Waals surface area (Å²) in [5.41, 5.74) is 0. The van der Waals surface area contributed by atoms with E-state index in [1.54, 1.807) is 0 Å². The largest absolute Gasteiger partial charge is 0.314 e. The minimum absolute atomic E-state index is 0.125. The number of hydrogen-bond acceptors (Lipinski definition) is 4. The molecule has 15 heavy (non-hydrogen) atoms. The van der Waals surface area contributed by atoms with Crippen molar-refractivity contribution in [2.24, 2.45) is 0 Å². The minimum atomic E-state index is -0.232. The minimum Gasteiger partial charge on any atom is -0.314 e. The van der Waals surface area contributed by atoms with Crippen LogP contribution in [0, 0.1) is 0 Å². The lowest BCUT2D eigenvalue weighted by molar-refractivity contribution is -0.126. The first kappa shape index (κ1) is 10.6. The second kappa shape index (κ2) is 4.28. The summed E-state index contributed by atoms with van der Waals surface area (Å²) < 4.78 is 0. The third-order valence-electron chi connectivity index (χ3n) is 3.06. The topological polar surface area (TPSA) is 61.4 Å². The molecular weight excluding hydrogens is 194 g/mol. The van der Waals surface area contributed by atoms with Gasteiger partial charge in [-0.1, -0.05) is 6.92 Å². The van der Waals surface area contributed by atoms with Crippen molar-refractivity contribution in [2.45, 2.75) is 31.8 Å². The molecule has 2 amide bonds. The Labute approximate surface area is 89.2 Å². The van der Waals surface area contributed by atoms with Crippen LogP contribution in [0.4, 0.5) is 0 Å². The fraction of sp³-hybridized carbons (Fsp3) is 0.800. The number of nitrogens with zero attached hydrogens (tertiary/aromatic N) is 1. The summed E-state index contributed by atoms with van der Waals surface area (Å²) in [7, 11) is 0. The molecule has 2 N–H and O–H groups in total. The smallest absolute Gasteiger partial charge is 0.244 e. The van der Waals surface area contributed by atoms with Crippen LogP contribution in [-0.4, -0.2) is 48.4 Å². The maximum absolute atomic E-state index is 11.6. The monoisotopic (exact) mass is 211 g/mol. The van der Waals surface area contributed by atoms with E-state index >= 15 is 0 Å². The standard InChI is InChI=1S/C10H17N3O2/c1-2-3-13(7-5-11-6-7)8-4-9(14)12-10(8)15/h7-8,11H,2-6H2,1H3,(H,12,14,15). The molecule has 2 rings (SSSR count). The lowest BCUT2D eigenvalue weighted by Gasteiger charge is -2.40. The van der Waals surface area contributed by atoms with Gasteiger partial charge in [0.15, 0.2) is 0 Å². The van der Waals surface area contributed by atoms with Gasteiger partial charge in [-0.05, 0) is 13.0 Å². The van der Waals surface area contributed by atoms with Crippen molar-refractivity contribution in [1.82, 2.24) is 15.5 Å². The molecule has 2 aliphatic rings. The average Bonchev–Trinajstić information content (AvgIpc) is 2.41. The highest BCUT2D eigenvalue weighted by molar-refractivity contribution is 6.05. The van der Waals surface area contributed by atoms with E-state index < -0.39 is 0 Å². The van der Waals surface area contributed by atoms with Gasteiger partial charge in [0.2, 0.25) is 11.8 Å². The van der Waals surface area contributed by atoms with E-state index in [4.69, 9.17) is 0 Å². The molecule has 2 fully saturated rings. The van der Waals surface area contributed by atoms with Gasteiger partial charge in [0, 0.05) is 19.1 Å². The van der Waals surface area contributed by atoms with Crippen LogP contribution in [0.3, 0.4) is 0 Å². The van der Waals surface area contributed by atoms with E-state index in [1.807, 2.05) is 0 Å². The Morgan fingerprint density at radius 1 is 1.40 bits per heavy atom. The molecule has 1 unspecified atom stereocenters. The molecule has 2 aliphatic heterocycles. The first-order valence-corrected chi connectivity index (χ1v) is 5.52. The van der Waals surface area contributed by atoms with Crippen molar-refractivity contribution in [1.29, 1.82) is 0 Å². The molecule has 1 atom stereocenters. The SMILES string of the molecule is CCCN(C1CNC1)C1CC(=O)NC1=O. The Bertz CT molecular complexity index is 276. The van der Waals surface area contributed by atoms with E-state index in [0.29, 0.717) is 12.5 Å². The molecule has 0 aliphatic carbocycles. The quantitative estimate of drug-likeness (QED) is 0.591. The van der Waals surface area contributed by atoms with E-state index in [1.165, 1.54) is 0 Å². The van der Waals surface area contributed by atoms with Gasteiger partial charge in [0.25, 0.3) is 0 Å². The molecule has 5 nitrogen and oxygen atoms in total. The van der Waals surface area contributed by atoms with Gasteiger partial charge in [-0.15, -0.1) is 0 Å². The number of carbonyl (C=O) groups excluding carboxylic acids is 2. The van der Waals surface area contributed by atoms with Gasteiger partial charge in [0.1, 0.15) is 0 Å². The maximum Gasteiger partial charge on any atom is 0.244 e. The lowest BCUT2D eigenvalue weighted by atomic mass is 10.1. The van der Waals surface area contributed by atoms with Crippen LogP contribution in [0.1, 0.15) is 19.8 Å². The third kappa shape index (κ3) is 2.03. The highest BCUT2D eigenvalue weighted by Gasteiger charge is 2.39. The summed E-state index contributed by atoms with van der Waals surface area (Å²) >= 11 is 0. The predicted octanol–water partition coefficient (Wildman–Crippen LogP) is -0.915. The molecule has 0 aromatic rings. The van der Waals surface area contributed by atoms with E-state index in [2.05, 4.69) is 22.5 Å². The number of hydrogen-bond donors (Lipinski definition) is 2. The van der Waals surface area contributed by atoms with Gasteiger partial charge in [-0.25, -0.2) is 0 Å². The fourth-order valence-corrected chi connectivity index (χ4v) is 2.17. The zero-order valence-electron chi connectivity index (χ0n) is 8.95. The summed E-state index contributed by atoms with van der Waals surface area (Å²) in [6.07, 6.45) is 1.34. The maximum atomic E-state index is 11.6. The second-order valence-electron chi connectivity index (χ2n) is 4.18. The Morgan fingerprint density at radius 2 is 2.13 bits per heavy atom. The molecule has 84 valence electrons. The molecule has 0 radical (unpaired) electrons. The summed E-state index contributed by atoms with van der Waals surface area (Å²) in [5.74, 6) is -0.265. The van der Waals surface area contributed by atoms with Gasteiger partial charge in [0.05, 0.1) is 12.5 Å². The molecule has 0 aromatic heterocycles. The van der Waals surface area contributed by atoms with Crippen LogP contribution in [0.25, 0.3) is 0 Å². The highest BCUT2D eigenvalue weighted by Crippen LogP contribution is 2.17. The van der Waals surface area contributed by atoms with Crippen molar-refractivity contribution in [3.8, 4) is 0 Å². The van der Waals surface area contributed by atoms with Crippen LogP contribution in [0.2, 0.25) is 0 Å². The van der Waals surface area contributed by atoms with E-state index in [0.717, 1.165) is 26.1 Å². The van der Waals surface area contributed by atoms with Gasteiger partial charge < -0.3 is 5.32 Å². The Balaban J connectivity index is 2.03. The average molecular weight is 211 g/mol. The third-order valence-corrected chi connectivity index (χ3v) is 3.06. The number of imide groups is 1. The van der Waals surface area contributed by atoms with Crippen LogP contribution >= 0.6 is 0 Å². The Hall–Kier alpha value is -0.940. The molecule has 0 spiro atoms. The normalized spacial score (nSPS) is 26.9. The number of rotatable bonds is 4. The van der Waals surface area contributed by atoms with Crippen molar-refractivity contribution >= 4 is 11.8 Å². The van der Waals surface area contributed by atoms with Crippen LogP contribution < -0.4 is 10.6 Å². The highest BCUT2D eigenvalue weighted by atomic mass is 16.2. The number of carbonyl (C=O) groups is 2. The zero-order valence-corrected chi connectivity index (χ0v) is 8.95. The molecule has 0 bridgehead atoms. The van der Waals surface area contributed by atoms with E-state index in [9.17, 15) is 9.59 Å². The summed E-state index contributed by atoms with van der Waals surface area (Å²) in [5, 5.41) is 5.56. The molecule has 0 aromatic carbocycles. The van der Waals surface area contributed by atoms with Crippen LogP contribution in [-0.2, 0) is 9.59 Å². The Kier molecular flexibility index (Phi) is 3.02. The summed E-state index contributed by atoms with van der Waals surface area (Å²) in [4.78, 5) is 24.8. The predicted molar refractivity (Wildman–Crippen MR) is 55.2 cm³/mol. The van der Waals surface area contributed by atoms with E-state index in [-0.39, 0.29) is 17.9 Å². The van der Waals surface area contributed by atoms with Crippen LogP contribution in [0.5, 0.6) is 0 Å². The van der Waals surface area contributed by atoms with Gasteiger partial charge in [-0.2, -0.15) is 0 Å². The number of nitrogens with one attached hydrogen (secondary N) is 2. The first-order chi connectivity index (χ1) is 7.22. The van der Waals surface area contributed by atoms with Gasteiger partial charge >= 0.3 is 0 Å². The van der Waals surface area contributed by atoms with Crippen molar-refractivity contribution < 1.29 is 9.59 Å². The second-order valence-corrected chi connectivity index (χ2v) is 4.18. The molecule has 5 heteroatoms. The summed E-state index contributed by atoms with van der Waals surface area (Å²) in [6.45, 7) is 4.83. The lowest BCUT2D eigenvalue weighted by Crippen LogP contribution is -2.61. The van der Waals surface area contributed by atoms with Crippen molar-refractivity contribution in [3.63, 3.8) is 0 Å². The molecule has 2 saturated heterocycles. The zero-order chi connectivity index (χ0) is 10.8. The Morgan fingerprint density at radius 3 is 2.53 bits per heavy atom. The molecular formula is C10H17N3O2. The number of amides is 2. The van der Waals surface area contributed by atoms with Crippen LogP contribution in [0.15, 0.2) is 0 Å². The molecule has 0 saturated carbocycles.